The Labute approximate surface area is 113 Å². The average Bonchev–Trinajstić information content (AvgIpc) is 2.37. The summed E-state index contributed by atoms with van der Waals surface area (Å²) in [5.74, 6) is -0.0702. The third-order valence-electron chi connectivity index (χ3n) is 3.65. The zero-order valence-electron chi connectivity index (χ0n) is 11.7. The van der Waals surface area contributed by atoms with Crippen molar-refractivity contribution in [2.24, 2.45) is 5.92 Å². The van der Waals surface area contributed by atoms with Crippen LogP contribution in [0, 0.1) is 11.7 Å². The highest BCUT2D eigenvalue weighted by Crippen LogP contribution is 2.18. The molecule has 1 N–H and O–H groups in total. The molecule has 2 unspecified atom stereocenters. The number of halogens is 1. The van der Waals surface area contributed by atoms with Crippen LogP contribution < -0.4 is 5.32 Å². The summed E-state index contributed by atoms with van der Waals surface area (Å²) in [5.41, 5.74) is 0.430. The molecular formula is C15H21FN2O. The van der Waals surface area contributed by atoms with Crippen molar-refractivity contribution in [1.29, 1.82) is 0 Å². The van der Waals surface area contributed by atoms with Gasteiger partial charge in [0, 0.05) is 30.7 Å². The summed E-state index contributed by atoms with van der Waals surface area (Å²) in [6.07, 6.45) is 0. The third-order valence-corrected chi connectivity index (χ3v) is 3.65. The Morgan fingerprint density at radius 2 is 2.21 bits per heavy atom. The highest BCUT2D eigenvalue weighted by atomic mass is 19.1. The normalized spacial score (nSPS) is 23.7. The van der Waals surface area contributed by atoms with Gasteiger partial charge in [-0.1, -0.05) is 19.9 Å². The minimum absolute atomic E-state index is 0.0773. The van der Waals surface area contributed by atoms with Crippen LogP contribution in [0.2, 0.25) is 0 Å². The van der Waals surface area contributed by atoms with Gasteiger partial charge in [-0.25, -0.2) is 4.39 Å². The van der Waals surface area contributed by atoms with E-state index in [4.69, 9.17) is 0 Å². The fourth-order valence-electron chi connectivity index (χ4n) is 2.54. The molecule has 4 heteroatoms. The number of hydrogen-bond donors (Lipinski definition) is 1. The number of carbonyl (C=O) groups excluding carboxylic acids is 1. The van der Waals surface area contributed by atoms with Gasteiger partial charge in [-0.2, -0.15) is 0 Å². The molecule has 19 heavy (non-hydrogen) atoms. The molecule has 1 aliphatic heterocycles. The number of piperazine rings is 1. The third kappa shape index (κ3) is 3.13. The quantitative estimate of drug-likeness (QED) is 0.889. The molecule has 1 aromatic rings. The maximum absolute atomic E-state index is 13.2. The van der Waals surface area contributed by atoms with Crippen LogP contribution in [-0.4, -0.2) is 36.0 Å². The van der Waals surface area contributed by atoms with E-state index < -0.39 is 0 Å². The monoisotopic (exact) mass is 264 g/mol. The summed E-state index contributed by atoms with van der Waals surface area (Å²) < 4.78 is 13.2. The van der Waals surface area contributed by atoms with Crippen molar-refractivity contribution in [3.8, 4) is 0 Å². The summed E-state index contributed by atoms with van der Waals surface area (Å²) >= 11 is 0. The van der Waals surface area contributed by atoms with Gasteiger partial charge in [0.05, 0.1) is 0 Å². The van der Waals surface area contributed by atoms with Gasteiger partial charge in [0.25, 0.3) is 5.91 Å². The van der Waals surface area contributed by atoms with Gasteiger partial charge in [0.2, 0.25) is 0 Å². The Balaban J connectivity index is 2.23. The zero-order valence-corrected chi connectivity index (χ0v) is 11.7. The second-order valence-electron chi connectivity index (χ2n) is 5.59. The molecule has 1 amide bonds. The molecule has 2 atom stereocenters. The van der Waals surface area contributed by atoms with Crippen molar-refractivity contribution >= 4 is 5.91 Å². The topological polar surface area (TPSA) is 32.3 Å². The minimum Gasteiger partial charge on any atom is -0.333 e. The first-order valence-electron chi connectivity index (χ1n) is 6.79. The fourth-order valence-corrected chi connectivity index (χ4v) is 2.54. The van der Waals surface area contributed by atoms with Gasteiger partial charge in [0.1, 0.15) is 5.82 Å². The van der Waals surface area contributed by atoms with Crippen LogP contribution >= 0.6 is 0 Å². The largest absolute Gasteiger partial charge is 0.333 e. The lowest BCUT2D eigenvalue weighted by Gasteiger charge is -2.41. The Morgan fingerprint density at radius 1 is 1.47 bits per heavy atom. The maximum atomic E-state index is 13.2. The van der Waals surface area contributed by atoms with E-state index >= 15 is 0 Å². The predicted octanol–water partition coefficient (Wildman–Crippen LogP) is 2.28. The number of rotatable bonds is 2. The van der Waals surface area contributed by atoms with Crippen LogP contribution in [0.15, 0.2) is 24.3 Å². The molecule has 0 radical (unpaired) electrons. The second-order valence-corrected chi connectivity index (χ2v) is 5.59. The molecule has 0 spiro atoms. The highest BCUT2D eigenvalue weighted by molar-refractivity contribution is 5.94. The van der Waals surface area contributed by atoms with E-state index in [1.165, 1.54) is 12.1 Å². The van der Waals surface area contributed by atoms with Crippen LogP contribution in [0.5, 0.6) is 0 Å². The standard InChI is InChI=1S/C15H21FN2O/c1-10(2)14-8-17-11(3)9-18(14)15(19)12-5-4-6-13(16)7-12/h4-7,10-11,14,17H,8-9H2,1-3H3. The van der Waals surface area contributed by atoms with Crippen molar-refractivity contribution < 1.29 is 9.18 Å². The molecule has 3 nitrogen and oxygen atoms in total. The SMILES string of the molecule is CC1CN(C(=O)c2cccc(F)c2)C(C(C)C)CN1. The van der Waals surface area contributed by atoms with Crippen molar-refractivity contribution in [2.45, 2.75) is 32.9 Å². The number of nitrogens with one attached hydrogen (secondary N) is 1. The molecule has 0 aliphatic carbocycles. The van der Waals surface area contributed by atoms with E-state index in [1.807, 2.05) is 4.90 Å². The molecular weight excluding hydrogens is 243 g/mol. The zero-order chi connectivity index (χ0) is 14.0. The average molecular weight is 264 g/mol. The molecule has 1 heterocycles. The van der Waals surface area contributed by atoms with Crippen molar-refractivity contribution in [1.82, 2.24) is 10.2 Å². The lowest BCUT2D eigenvalue weighted by Crippen LogP contribution is -2.59. The Hall–Kier alpha value is -1.42. The van der Waals surface area contributed by atoms with Crippen LogP contribution in [0.4, 0.5) is 4.39 Å². The maximum Gasteiger partial charge on any atom is 0.254 e. The van der Waals surface area contributed by atoms with Gasteiger partial charge >= 0.3 is 0 Å². The summed E-state index contributed by atoms with van der Waals surface area (Å²) in [6, 6.07) is 6.36. The number of nitrogens with zero attached hydrogens (tertiary/aromatic N) is 1. The fraction of sp³-hybridized carbons (Fsp3) is 0.533. The Bertz CT molecular complexity index is 461. The summed E-state index contributed by atoms with van der Waals surface area (Å²) in [5, 5.41) is 3.39. The molecule has 1 fully saturated rings. The summed E-state index contributed by atoms with van der Waals surface area (Å²) in [6.45, 7) is 7.73. The first kappa shape index (κ1) is 14.0. The van der Waals surface area contributed by atoms with Crippen LogP contribution in [0.25, 0.3) is 0 Å². The molecule has 0 bridgehead atoms. The van der Waals surface area contributed by atoms with Gasteiger partial charge in [-0.15, -0.1) is 0 Å². The van der Waals surface area contributed by atoms with Crippen LogP contribution in [0.3, 0.4) is 0 Å². The highest BCUT2D eigenvalue weighted by Gasteiger charge is 2.32. The first-order chi connectivity index (χ1) is 8.99. The van der Waals surface area contributed by atoms with Crippen LogP contribution in [0.1, 0.15) is 31.1 Å². The van der Waals surface area contributed by atoms with Crippen molar-refractivity contribution in [3.63, 3.8) is 0 Å². The molecule has 104 valence electrons. The van der Waals surface area contributed by atoms with Gasteiger partial charge in [0.15, 0.2) is 0 Å². The van der Waals surface area contributed by atoms with Crippen molar-refractivity contribution in [2.75, 3.05) is 13.1 Å². The van der Waals surface area contributed by atoms with E-state index in [-0.39, 0.29) is 23.8 Å². The van der Waals surface area contributed by atoms with Crippen molar-refractivity contribution in [3.05, 3.63) is 35.6 Å². The number of hydrogen-bond acceptors (Lipinski definition) is 2. The predicted molar refractivity (Wildman–Crippen MR) is 73.5 cm³/mol. The molecule has 0 aromatic heterocycles. The van der Waals surface area contributed by atoms with E-state index in [1.54, 1.807) is 12.1 Å². The van der Waals surface area contributed by atoms with Crippen LogP contribution in [-0.2, 0) is 0 Å². The van der Waals surface area contributed by atoms with E-state index in [9.17, 15) is 9.18 Å². The summed E-state index contributed by atoms with van der Waals surface area (Å²) in [4.78, 5) is 14.4. The Kier molecular flexibility index (Phi) is 4.20. The second kappa shape index (κ2) is 5.70. The van der Waals surface area contributed by atoms with Gasteiger partial charge in [-0.3, -0.25) is 4.79 Å². The van der Waals surface area contributed by atoms with Gasteiger partial charge < -0.3 is 10.2 Å². The van der Waals surface area contributed by atoms with Gasteiger partial charge in [-0.05, 0) is 31.0 Å². The number of carbonyl (C=O) groups is 1. The van der Waals surface area contributed by atoms with E-state index in [0.717, 1.165) is 6.54 Å². The number of benzene rings is 1. The van der Waals surface area contributed by atoms with E-state index in [0.29, 0.717) is 18.0 Å². The Morgan fingerprint density at radius 3 is 2.84 bits per heavy atom. The lowest BCUT2D eigenvalue weighted by molar-refractivity contribution is 0.0521. The minimum atomic E-state index is -0.366. The molecule has 0 saturated carbocycles. The first-order valence-corrected chi connectivity index (χ1v) is 6.79. The molecule has 1 aromatic carbocycles. The summed E-state index contributed by atoms with van der Waals surface area (Å²) in [7, 11) is 0. The lowest BCUT2D eigenvalue weighted by atomic mass is 9.97. The molecule has 1 aliphatic rings. The molecule has 2 rings (SSSR count). The number of amides is 1. The molecule has 1 saturated heterocycles. The van der Waals surface area contributed by atoms with E-state index in [2.05, 4.69) is 26.1 Å². The smallest absolute Gasteiger partial charge is 0.254 e.